The Hall–Kier alpha value is -1.55. The minimum Gasteiger partial charge on any atom is -0.465 e. The molecule has 2 rings (SSSR count). The summed E-state index contributed by atoms with van der Waals surface area (Å²) >= 11 is 0. The fourth-order valence-electron chi connectivity index (χ4n) is 2.36. The summed E-state index contributed by atoms with van der Waals surface area (Å²) in [5.74, 6) is 0. The van der Waals surface area contributed by atoms with Crippen LogP contribution in [0.3, 0.4) is 0 Å². The van der Waals surface area contributed by atoms with Crippen LogP contribution in [0.25, 0.3) is 0 Å². The molecule has 1 heterocycles. The van der Waals surface area contributed by atoms with E-state index >= 15 is 0 Å². The van der Waals surface area contributed by atoms with Crippen molar-refractivity contribution in [1.29, 1.82) is 0 Å². The second kappa shape index (κ2) is 3.79. The maximum absolute atomic E-state index is 11.2. The summed E-state index contributed by atoms with van der Waals surface area (Å²) in [6.07, 6.45) is -1.15. The number of carbonyl (C=O) groups is 1. The van der Waals surface area contributed by atoms with E-state index in [0.717, 1.165) is 5.56 Å². The van der Waals surface area contributed by atoms with E-state index in [2.05, 4.69) is 0 Å². The molecule has 1 aliphatic heterocycles. The number of hydrogen-bond donors (Lipinski definition) is 2. The standard InChI is InChI=1S/C12H15NO3/c1-12(9-5-3-2-4-6-9)10(14)7-8-13(12)11(15)16/h2-6,10,14H,7-8H2,1H3,(H,15,16). The number of carboxylic acid groups (broad SMARTS) is 1. The molecule has 0 aliphatic carbocycles. The average molecular weight is 221 g/mol. The number of amides is 1. The summed E-state index contributed by atoms with van der Waals surface area (Å²) in [6.45, 7) is 2.15. The Morgan fingerprint density at radius 1 is 1.44 bits per heavy atom. The molecule has 1 fully saturated rings. The quantitative estimate of drug-likeness (QED) is 0.758. The number of rotatable bonds is 1. The molecule has 0 aromatic heterocycles. The van der Waals surface area contributed by atoms with E-state index in [0.29, 0.717) is 13.0 Å². The van der Waals surface area contributed by atoms with Crippen molar-refractivity contribution < 1.29 is 15.0 Å². The van der Waals surface area contributed by atoms with Gasteiger partial charge in [-0.05, 0) is 18.9 Å². The third-order valence-corrected chi connectivity index (χ3v) is 3.42. The molecule has 1 aliphatic rings. The van der Waals surface area contributed by atoms with Gasteiger partial charge in [0.15, 0.2) is 0 Å². The van der Waals surface area contributed by atoms with Gasteiger partial charge in [-0.2, -0.15) is 0 Å². The average Bonchev–Trinajstić information content (AvgIpc) is 2.58. The number of likely N-dealkylation sites (tertiary alicyclic amines) is 1. The van der Waals surface area contributed by atoms with Gasteiger partial charge < -0.3 is 10.2 Å². The van der Waals surface area contributed by atoms with Crippen molar-refractivity contribution in [3.63, 3.8) is 0 Å². The second-order valence-electron chi connectivity index (χ2n) is 4.25. The molecular weight excluding hydrogens is 206 g/mol. The minimum absolute atomic E-state index is 0.377. The Bertz CT molecular complexity index is 393. The predicted octanol–water partition coefficient (Wildman–Crippen LogP) is 1.65. The topological polar surface area (TPSA) is 60.8 Å². The highest BCUT2D eigenvalue weighted by Gasteiger charge is 2.48. The number of benzene rings is 1. The Labute approximate surface area is 94.1 Å². The molecule has 0 saturated carbocycles. The van der Waals surface area contributed by atoms with Crippen LogP contribution in [0.5, 0.6) is 0 Å². The van der Waals surface area contributed by atoms with Crippen molar-refractivity contribution in [2.24, 2.45) is 0 Å². The lowest BCUT2D eigenvalue weighted by molar-refractivity contribution is 0.0395. The summed E-state index contributed by atoms with van der Waals surface area (Å²) in [7, 11) is 0. The zero-order chi connectivity index (χ0) is 11.8. The van der Waals surface area contributed by atoms with Crippen LogP contribution in [0.2, 0.25) is 0 Å². The fraction of sp³-hybridized carbons (Fsp3) is 0.417. The van der Waals surface area contributed by atoms with Gasteiger partial charge in [0.25, 0.3) is 0 Å². The molecule has 1 aromatic rings. The molecular formula is C12H15NO3. The van der Waals surface area contributed by atoms with E-state index in [1.807, 2.05) is 30.3 Å². The Morgan fingerprint density at radius 3 is 2.62 bits per heavy atom. The molecule has 86 valence electrons. The molecule has 0 radical (unpaired) electrons. The third-order valence-electron chi connectivity index (χ3n) is 3.42. The smallest absolute Gasteiger partial charge is 0.408 e. The predicted molar refractivity (Wildman–Crippen MR) is 59.1 cm³/mol. The van der Waals surface area contributed by atoms with Crippen LogP contribution in [0.15, 0.2) is 30.3 Å². The van der Waals surface area contributed by atoms with Crippen LogP contribution in [0.1, 0.15) is 18.9 Å². The van der Waals surface area contributed by atoms with E-state index in [1.54, 1.807) is 6.92 Å². The van der Waals surface area contributed by atoms with Gasteiger partial charge in [0.2, 0.25) is 0 Å². The van der Waals surface area contributed by atoms with Gasteiger partial charge in [0.05, 0.1) is 11.6 Å². The molecule has 0 spiro atoms. The van der Waals surface area contributed by atoms with Crippen LogP contribution in [-0.2, 0) is 5.54 Å². The maximum atomic E-state index is 11.2. The first kappa shape index (κ1) is 11.0. The molecule has 16 heavy (non-hydrogen) atoms. The highest BCUT2D eigenvalue weighted by atomic mass is 16.4. The number of nitrogens with zero attached hydrogens (tertiary/aromatic N) is 1. The summed E-state index contributed by atoms with van der Waals surface area (Å²) in [6, 6.07) is 9.28. The molecule has 0 bridgehead atoms. The van der Waals surface area contributed by atoms with Crippen molar-refractivity contribution >= 4 is 6.09 Å². The molecule has 2 unspecified atom stereocenters. The van der Waals surface area contributed by atoms with Gasteiger partial charge in [-0.25, -0.2) is 4.79 Å². The van der Waals surface area contributed by atoms with Crippen molar-refractivity contribution in [1.82, 2.24) is 4.90 Å². The zero-order valence-electron chi connectivity index (χ0n) is 9.13. The van der Waals surface area contributed by atoms with Gasteiger partial charge in [0.1, 0.15) is 0 Å². The van der Waals surface area contributed by atoms with E-state index in [-0.39, 0.29) is 0 Å². The van der Waals surface area contributed by atoms with Crippen molar-refractivity contribution in [3.05, 3.63) is 35.9 Å². The highest BCUT2D eigenvalue weighted by Crippen LogP contribution is 2.38. The molecule has 4 heteroatoms. The highest BCUT2D eigenvalue weighted by molar-refractivity contribution is 5.67. The largest absolute Gasteiger partial charge is 0.465 e. The summed E-state index contributed by atoms with van der Waals surface area (Å²) in [4.78, 5) is 12.5. The molecule has 2 atom stereocenters. The van der Waals surface area contributed by atoms with E-state index in [9.17, 15) is 9.90 Å². The fourth-order valence-corrected chi connectivity index (χ4v) is 2.36. The Morgan fingerprint density at radius 2 is 2.06 bits per heavy atom. The third kappa shape index (κ3) is 1.46. The van der Waals surface area contributed by atoms with Crippen molar-refractivity contribution in [2.75, 3.05) is 6.54 Å². The molecule has 1 amide bonds. The lowest BCUT2D eigenvalue weighted by atomic mass is 9.87. The lowest BCUT2D eigenvalue weighted by Gasteiger charge is -2.36. The Kier molecular flexibility index (Phi) is 2.59. The second-order valence-corrected chi connectivity index (χ2v) is 4.25. The summed E-state index contributed by atoms with van der Waals surface area (Å²) in [5, 5.41) is 19.2. The van der Waals surface area contributed by atoms with E-state index in [4.69, 9.17) is 5.11 Å². The van der Waals surface area contributed by atoms with Gasteiger partial charge in [0, 0.05) is 6.54 Å². The SMILES string of the molecule is CC1(c2ccccc2)C(O)CCN1C(=O)O. The van der Waals surface area contributed by atoms with E-state index < -0.39 is 17.7 Å². The summed E-state index contributed by atoms with van der Waals surface area (Å²) < 4.78 is 0. The van der Waals surface area contributed by atoms with Gasteiger partial charge in [-0.15, -0.1) is 0 Å². The molecule has 2 N–H and O–H groups in total. The minimum atomic E-state index is -0.983. The van der Waals surface area contributed by atoms with Crippen LogP contribution >= 0.6 is 0 Å². The Balaban J connectivity index is 2.45. The number of aliphatic hydroxyl groups excluding tert-OH is 1. The lowest BCUT2D eigenvalue weighted by Crippen LogP contribution is -2.47. The monoisotopic (exact) mass is 221 g/mol. The van der Waals surface area contributed by atoms with E-state index in [1.165, 1.54) is 4.90 Å². The van der Waals surface area contributed by atoms with Crippen molar-refractivity contribution in [2.45, 2.75) is 25.0 Å². The van der Waals surface area contributed by atoms with Crippen molar-refractivity contribution in [3.8, 4) is 0 Å². The summed E-state index contributed by atoms with van der Waals surface area (Å²) in [5.41, 5.74) is 0.00926. The first-order valence-electron chi connectivity index (χ1n) is 5.31. The zero-order valence-corrected chi connectivity index (χ0v) is 9.13. The normalized spacial score (nSPS) is 29.4. The molecule has 1 aromatic carbocycles. The number of hydrogen-bond acceptors (Lipinski definition) is 2. The van der Waals surface area contributed by atoms with Gasteiger partial charge >= 0.3 is 6.09 Å². The van der Waals surface area contributed by atoms with Gasteiger partial charge in [-0.1, -0.05) is 30.3 Å². The van der Waals surface area contributed by atoms with Crippen LogP contribution in [0, 0.1) is 0 Å². The number of aliphatic hydroxyl groups is 1. The first-order chi connectivity index (χ1) is 7.56. The van der Waals surface area contributed by atoms with Crippen LogP contribution in [0.4, 0.5) is 4.79 Å². The molecule has 1 saturated heterocycles. The van der Waals surface area contributed by atoms with Crippen LogP contribution < -0.4 is 0 Å². The van der Waals surface area contributed by atoms with Crippen LogP contribution in [-0.4, -0.2) is 33.9 Å². The first-order valence-corrected chi connectivity index (χ1v) is 5.31. The maximum Gasteiger partial charge on any atom is 0.408 e. The van der Waals surface area contributed by atoms with Gasteiger partial charge in [-0.3, -0.25) is 4.90 Å². The molecule has 4 nitrogen and oxygen atoms in total.